The van der Waals surface area contributed by atoms with Gasteiger partial charge in [0.05, 0.1) is 23.4 Å². The first-order valence-corrected chi connectivity index (χ1v) is 7.32. The normalized spacial score (nSPS) is 25.9. The number of halogens is 1. The molecule has 0 aromatic carbocycles. The van der Waals surface area contributed by atoms with Crippen LogP contribution in [-0.2, 0) is 11.3 Å². The Balaban J connectivity index is 1.82. The molecule has 1 unspecified atom stereocenters. The van der Waals surface area contributed by atoms with Crippen molar-refractivity contribution in [1.82, 2.24) is 15.1 Å². The Morgan fingerprint density at radius 2 is 2.35 bits per heavy atom. The second-order valence-electron chi connectivity index (χ2n) is 5.48. The van der Waals surface area contributed by atoms with Crippen molar-refractivity contribution < 1.29 is 4.74 Å². The molecule has 7 heteroatoms. The largest absolute Gasteiger partial charge is 0.378 e. The Labute approximate surface area is 122 Å². The van der Waals surface area contributed by atoms with Gasteiger partial charge in [-0.25, -0.2) is 4.68 Å². The highest BCUT2D eigenvalue weighted by atomic mass is 35.5. The van der Waals surface area contributed by atoms with E-state index in [4.69, 9.17) is 16.3 Å². The van der Waals surface area contributed by atoms with E-state index in [2.05, 4.69) is 15.7 Å². The molecule has 2 N–H and O–H groups in total. The van der Waals surface area contributed by atoms with Crippen molar-refractivity contribution in [3.8, 4) is 0 Å². The molecule has 6 nitrogen and oxygen atoms in total. The molecule has 110 valence electrons. The van der Waals surface area contributed by atoms with Gasteiger partial charge in [-0.15, -0.1) is 0 Å². The Hall–Kier alpha value is -1.11. The quantitative estimate of drug-likeness (QED) is 0.838. The number of aromatic nitrogens is 2. The summed E-state index contributed by atoms with van der Waals surface area (Å²) < 4.78 is 6.90. The molecule has 1 aromatic rings. The van der Waals surface area contributed by atoms with Crippen LogP contribution in [0.15, 0.2) is 11.0 Å². The van der Waals surface area contributed by atoms with Gasteiger partial charge in [0.25, 0.3) is 5.56 Å². The van der Waals surface area contributed by atoms with E-state index in [1.54, 1.807) is 7.11 Å². The maximum Gasteiger partial charge on any atom is 0.291 e. The summed E-state index contributed by atoms with van der Waals surface area (Å²) in [5.41, 5.74) is 0.282. The minimum Gasteiger partial charge on any atom is -0.378 e. The second kappa shape index (κ2) is 5.71. The maximum absolute atomic E-state index is 12.4. The van der Waals surface area contributed by atoms with Crippen LogP contribution in [0.4, 0.5) is 5.69 Å². The van der Waals surface area contributed by atoms with Crippen molar-refractivity contribution in [3.05, 3.63) is 21.6 Å². The van der Waals surface area contributed by atoms with Crippen LogP contribution in [0.5, 0.6) is 0 Å². The predicted molar refractivity (Wildman–Crippen MR) is 77.3 cm³/mol. The van der Waals surface area contributed by atoms with Gasteiger partial charge in [0.2, 0.25) is 0 Å². The van der Waals surface area contributed by atoms with Crippen LogP contribution in [0.25, 0.3) is 0 Å². The lowest BCUT2D eigenvalue weighted by molar-refractivity contribution is 0.111. The smallest absolute Gasteiger partial charge is 0.291 e. The lowest BCUT2D eigenvalue weighted by Crippen LogP contribution is -2.37. The van der Waals surface area contributed by atoms with Crippen LogP contribution in [-0.4, -0.2) is 42.1 Å². The third-order valence-electron chi connectivity index (χ3n) is 3.92. The molecule has 2 fully saturated rings. The molecule has 1 aromatic heterocycles. The Morgan fingerprint density at radius 3 is 3.05 bits per heavy atom. The highest BCUT2D eigenvalue weighted by molar-refractivity contribution is 6.33. The number of anilines is 1. The standard InChI is InChI=1S/C13H19ClN4O2/c1-20-11-6-15-5-10(11)17-12-9(14)4-16-18(13(12)19)7-8-2-3-8/h4,8,10-11,15,17H,2-3,5-7H2,1H3/t10?,11-/m0/s1. The fourth-order valence-corrected chi connectivity index (χ4v) is 2.69. The fraction of sp³-hybridized carbons (Fsp3) is 0.692. The summed E-state index contributed by atoms with van der Waals surface area (Å²) in [6, 6.07) is 0.0435. The zero-order valence-electron chi connectivity index (χ0n) is 11.4. The minimum atomic E-state index is -0.147. The number of ether oxygens (including phenoxy) is 1. The van der Waals surface area contributed by atoms with E-state index < -0.39 is 0 Å². The van der Waals surface area contributed by atoms with Crippen LogP contribution in [0, 0.1) is 5.92 Å². The van der Waals surface area contributed by atoms with Crippen LogP contribution in [0.3, 0.4) is 0 Å². The molecule has 2 heterocycles. The highest BCUT2D eigenvalue weighted by Crippen LogP contribution is 2.30. The van der Waals surface area contributed by atoms with Gasteiger partial charge >= 0.3 is 0 Å². The summed E-state index contributed by atoms with van der Waals surface area (Å²) in [5, 5.41) is 10.9. The van der Waals surface area contributed by atoms with Gasteiger partial charge in [-0.3, -0.25) is 4.79 Å². The third kappa shape index (κ3) is 2.82. The topological polar surface area (TPSA) is 68.2 Å². The number of rotatable bonds is 5. The fourth-order valence-electron chi connectivity index (χ4n) is 2.51. The number of hydrogen-bond acceptors (Lipinski definition) is 5. The molecule has 20 heavy (non-hydrogen) atoms. The molecule has 0 amide bonds. The average molecular weight is 299 g/mol. The molecule has 1 aliphatic heterocycles. The summed E-state index contributed by atoms with van der Waals surface area (Å²) in [6.07, 6.45) is 3.93. The summed E-state index contributed by atoms with van der Waals surface area (Å²) >= 11 is 6.12. The third-order valence-corrected chi connectivity index (χ3v) is 4.20. The van der Waals surface area contributed by atoms with Crippen molar-refractivity contribution >= 4 is 17.3 Å². The molecule has 2 aliphatic rings. The molecule has 1 aliphatic carbocycles. The SMILES string of the molecule is CO[C@H]1CNCC1Nc1c(Cl)cnn(CC2CC2)c1=O. The Kier molecular flexibility index (Phi) is 3.96. The van der Waals surface area contributed by atoms with Gasteiger partial charge in [0.15, 0.2) is 0 Å². The summed E-state index contributed by atoms with van der Waals surface area (Å²) in [5.74, 6) is 0.592. The van der Waals surface area contributed by atoms with Gasteiger partial charge in [-0.05, 0) is 18.8 Å². The monoisotopic (exact) mass is 298 g/mol. The van der Waals surface area contributed by atoms with Crippen molar-refractivity contribution in [3.63, 3.8) is 0 Å². The van der Waals surface area contributed by atoms with Gasteiger partial charge in [0, 0.05) is 26.7 Å². The lowest BCUT2D eigenvalue weighted by atomic mass is 10.2. The molecule has 3 rings (SSSR count). The van der Waals surface area contributed by atoms with Gasteiger partial charge in [0.1, 0.15) is 5.69 Å². The van der Waals surface area contributed by atoms with Crippen molar-refractivity contribution in [2.75, 3.05) is 25.5 Å². The van der Waals surface area contributed by atoms with E-state index in [-0.39, 0.29) is 17.7 Å². The first kappa shape index (κ1) is 13.9. The molecule has 2 atom stereocenters. The summed E-state index contributed by atoms with van der Waals surface area (Å²) in [4.78, 5) is 12.4. The van der Waals surface area contributed by atoms with Crippen molar-refractivity contribution in [2.45, 2.75) is 31.5 Å². The molecular formula is C13H19ClN4O2. The van der Waals surface area contributed by atoms with Gasteiger partial charge in [-0.1, -0.05) is 11.6 Å². The second-order valence-corrected chi connectivity index (χ2v) is 5.89. The molecule has 0 radical (unpaired) electrons. The molecular weight excluding hydrogens is 280 g/mol. The van der Waals surface area contributed by atoms with Gasteiger partial charge in [-0.2, -0.15) is 5.10 Å². The van der Waals surface area contributed by atoms with Gasteiger partial charge < -0.3 is 15.4 Å². The first-order chi connectivity index (χ1) is 9.69. The van der Waals surface area contributed by atoms with E-state index in [0.717, 1.165) is 13.1 Å². The molecule has 0 bridgehead atoms. The van der Waals surface area contributed by atoms with Crippen LogP contribution >= 0.6 is 11.6 Å². The maximum atomic E-state index is 12.4. The van der Waals surface area contributed by atoms with Crippen LogP contribution < -0.4 is 16.2 Å². The summed E-state index contributed by atoms with van der Waals surface area (Å²) in [6.45, 7) is 2.20. The molecule has 1 saturated heterocycles. The van der Waals surface area contributed by atoms with Crippen LogP contribution in [0.1, 0.15) is 12.8 Å². The zero-order chi connectivity index (χ0) is 14.1. The average Bonchev–Trinajstić information content (AvgIpc) is 3.14. The first-order valence-electron chi connectivity index (χ1n) is 6.94. The van der Waals surface area contributed by atoms with E-state index in [1.165, 1.54) is 23.7 Å². The number of hydrogen-bond donors (Lipinski definition) is 2. The molecule has 0 spiro atoms. The Morgan fingerprint density at radius 1 is 1.55 bits per heavy atom. The summed E-state index contributed by atoms with van der Waals surface area (Å²) in [7, 11) is 1.67. The van der Waals surface area contributed by atoms with Crippen molar-refractivity contribution in [1.29, 1.82) is 0 Å². The van der Waals surface area contributed by atoms with Crippen molar-refractivity contribution in [2.24, 2.45) is 5.92 Å². The van der Waals surface area contributed by atoms with E-state index in [1.807, 2.05) is 0 Å². The number of methoxy groups -OCH3 is 1. The van der Waals surface area contributed by atoms with E-state index in [0.29, 0.717) is 23.2 Å². The van der Waals surface area contributed by atoms with Crippen LogP contribution in [0.2, 0.25) is 5.02 Å². The van der Waals surface area contributed by atoms with E-state index >= 15 is 0 Å². The minimum absolute atomic E-state index is 0.0375. The lowest BCUT2D eigenvalue weighted by Gasteiger charge is -2.20. The number of nitrogens with one attached hydrogen (secondary N) is 2. The zero-order valence-corrected chi connectivity index (χ0v) is 12.2. The molecule has 1 saturated carbocycles. The number of nitrogens with zero attached hydrogens (tertiary/aromatic N) is 2. The van der Waals surface area contributed by atoms with E-state index in [9.17, 15) is 4.79 Å². The highest BCUT2D eigenvalue weighted by Gasteiger charge is 2.29. The Bertz CT molecular complexity index is 544. The predicted octanol–water partition coefficient (Wildman–Crippen LogP) is 0.705.